The standard InChI is InChI=1S/C22H22ClF3N4O2S/c1-14-18(6-3-7-19(14)23)20-12-17(28-21(27)29-20)5-2-4-15-8-10-16(11-9-15)30-33(31,32)13-22(24,25)26/h3,6-12,30H,2,4-5,13H2,1H3,(H2,27,28,29). The van der Waals surface area contributed by atoms with Gasteiger partial charge < -0.3 is 5.73 Å². The molecule has 11 heteroatoms. The van der Waals surface area contributed by atoms with Gasteiger partial charge in [0, 0.05) is 22.0 Å². The van der Waals surface area contributed by atoms with Crippen LogP contribution < -0.4 is 10.5 Å². The van der Waals surface area contributed by atoms with Gasteiger partial charge in [0.05, 0.1) is 5.69 Å². The Morgan fingerprint density at radius 2 is 1.76 bits per heavy atom. The van der Waals surface area contributed by atoms with Crippen LogP contribution in [0.2, 0.25) is 5.02 Å². The van der Waals surface area contributed by atoms with Crippen LogP contribution in [-0.4, -0.2) is 30.3 Å². The number of aromatic nitrogens is 2. The summed E-state index contributed by atoms with van der Waals surface area (Å²) < 4.78 is 62.1. The summed E-state index contributed by atoms with van der Waals surface area (Å²) in [5, 5.41) is 0.635. The maximum absolute atomic E-state index is 12.3. The highest BCUT2D eigenvalue weighted by molar-refractivity contribution is 7.92. The lowest BCUT2D eigenvalue weighted by molar-refractivity contribution is -0.106. The molecule has 176 valence electrons. The Balaban J connectivity index is 1.62. The van der Waals surface area contributed by atoms with Crippen LogP contribution in [0.5, 0.6) is 0 Å². The number of halogens is 4. The smallest absolute Gasteiger partial charge is 0.368 e. The Morgan fingerprint density at radius 1 is 1.06 bits per heavy atom. The molecule has 0 radical (unpaired) electrons. The first-order valence-corrected chi connectivity index (χ1v) is 12.0. The number of nitrogens with zero attached hydrogens (tertiary/aromatic N) is 2. The predicted molar refractivity (Wildman–Crippen MR) is 124 cm³/mol. The summed E-state index contributed by atoms with van der Waals surface area (Å²) in [6.45, 7) is 1.91. The van der Waals surface area contributed by atoms with E-state index in [1.165, 1.54) is 12.1 Å². The lowest BCUT2D eigenvalue weighted by Crippen LogP contribution is -2.27. The number of nitrogen functional groups attached to an aromatic ring is 1. The van der Waals surface area contributed by atoms with Gasteiger partial charge >= 0.3 is 6.18 Å². The van der Waals surface area contributed by atoms with Gasteiger partial charge in [-0.2, -0.15) is 13.2 Å². The molecule has 0 unspecified atom stereocenters. The van der Waals surface area contributed by atoms with E-state index in [0.29, 0.717) is 23.6 Å². The molecule has 0 saturated heterocycles. The Bertz CT molecular complexity index is 1230. The minimum Gasteiger partial charge on any atom is -0.368 e. The zero-order chi connectivity index (χ0) is 24.2. The summed E-state index contributed by atoms with van der Waals surface area (Å²) in [5.41, 5.74) is 10.1. The van der Waals surface area contributed by atoms with Crippen molar-refractivity contribution in [2.75, 3.05) is 16.2 Å². The van der Waals surface area contributed by atoms with Crippen molar-refractivity contribution in [2.24, 2.45) is 0 Å². The van der Waals surface area contributed by atoms with E-state index in [9.17, 15) is 21.6 Å². The average molecular weight is 499 g/mol. The molecule has 3 aromatic rings. The highest BCUT2D eigenvalue weighted by Crippen LogP contribution is 2.28. The van der Waals surface area contributed by atoms with E-state index in [2.05, 4.69) is 9.97 Å². The first-order chi connectivity index (χ1) is 15.4. The number of nitrogens with two attached hydrogens (primary N) is 1. The largest absolute Gasteiger partial charge is 0.404 e. The third-order valence-corrected chi connectivity index (χ3v) is 6.48. The van der Waals surface area contributed by atoms with Crippen LogP contribution in [0.3, 0.4) is 0 Å². The average Bonchev–Trinajstić information content (AvgIpc) is 2.69. The number of aryl methyl sites for hydroxylation is 2. The van der Waals surface area contributed by atoms with Crippen molar-refractivity contribution >= 4 is 33.3 Å². The van der Waals surface area contributed by atoms with Crippen LogP contribution in [0.15, 0.2) is 48.5 Å². The van der Waals surface area contributed by atoms with E-state index in [0.717, 1.165) is 28.8 Å². The lowest BCUT2D eigenvalue weighted by Gasteiger charge is -2.11. The van der Waals surface area contributed by atoms with Gasteiger partial charge in [-0.1, -0.05) is 35.9 Å². The van der Waals surface area contributed by atoms with Gasteiger partial charge in [-0.3, -0.25) is 4.72 Å². The molecule has 33 heavy (non-hydrogen) atoms. The van der Waals surface area contributed by atoms with Gasteiger partial charge in [0.1, 0.15) is 0 Å². The highest BCUT2D eigenvalue weighted by atomic mass is 35.5. The molecule has 1 heterocycles. The van der Waals surface area contributed by atoms with Crippen LogP contribution in [0.25, 0.3) is 11.3 Å². The fraction of sp³-hybridized carbons (Fsp3) is 0.273. The van der Waals surface area contributed by atoms with E-state index in [4.69, 9.17) is 17.3 Å². The molecule has 0 bridgehead atoms. The van der Waals surface area contributed by atoms with Crippen molar-refractivity contribution in [3.05, 3.63) is 70.4 Å². The number of alkyl halides is 3. The molecule has 0 fully saturated rings. The Labute approximate surface area is 195 Å². The van der Waals surface area contributed by atoms with Crippen LogP contribution in [0.4, 0.5) is 24.8 Å². The zero-order valence-electron chi connectivity index (χ0n) is 17.7. The second-order valence-electron chi connectivity index (χ2n) is 7.54. The van der Waals surface area contributed by atoms with Gasteiger partial charge in [-0.05, 0) is 61.6 Å². The molecule has 0 aliphatic rings. The van der Waals surface area contributed by atoms with E-state index in [1.54, 1.807) is 18.2 Å². The molecular weight excluding hydrogens is 477 g/mol. The molecule has 0 aliphatic carbocycles. The fourth-order valence-electron chi connectivity index (χ4n) is 3.31. The number of hydrogen-bond donors (Lipinski definition) is 2. The van der Waals surface area contributed by atoms with Gasteiger partial charge in [-0.25, -0.2) is 18.4 Å². The van der Waals surface area contributed by atoms with Crippen molar-refractivity contribution < 1.29 is 21.6 Å². The van der Waals surface area contributed by atoms with E-state index >= 15 is 0 Å². The Kier molecular flexibility index (Phi) is 7.48. The van der Waals surface area contributed by atoms with E-state index in [1.807, 2.05) is 29.8 Å². The van der Waals surface area contributed by atoms with Crippen molar-refractivity contribution in [1.29, 1.82) is 0 Å². The first kappa shape index (κ1) is 24.8. The van der Waals surface area contributed by atoms with Gasteiger partial charge in [0.2, 0.25) is 16.0 Å². The molecule has 0 amide bonds. The minimum atomic E-state index is -4.80. The lowest BCUT2D eigenvalue weighted by atomic mass is 10.0. The number of hydrogen-bond acceptors (Lipinski definition) is 5. The Morgan fingerprint density at radius 3 is 2.42 bits per heavy atom. The monoisotopic (exact) mass is 498 g/mol. The molecule has 3 N–H and O–H groups in total. The Hall–Kier alpha value is -2.85. The van der Waals surface area contributed by atoms with Crippen molar-refractivity contribution in [3.63, 3.8) is 0 Å². The summed E-state index contributed by atoms with van der Waals surface area (Å²) in [6, 6.07) is 13.6. The van der Waals surface area contributed by atoms with Crippen LogP contribution >= 0.6 is 11.6 Å². The number of nitrogens with one attached hydrogen (secondary N) is 1. The summed E-state index contributed by atoms with van der Waals surface area (Å²) in [7, 11) is -4.50. The second-order valence-corrected chi connectivity index (χ2v) is 9.67. The third kappa shape index (κ3) is 7.33. The molecule has 1 aromatic heterocycles. The van der Waals surface area contributed by atoms with Crippen molar-refractivity contribution in [2.45, 2.75) is 32.4 Å². The predicted octanol–water partition coefficient (Wildman–Crippen LogP) is 5.17. The number of sulfonamides is 1. The normalized spacial score (nSPS) is 12.0. The molecular formula is C22H22ClF3N4O2S. The van der Waals surface area contributed by atoms with Crippen molar-refractivity contribution in [3.8, 4) is 11.3 Å². The van der Waals surface area contributed by atoms with Gasteiger partial charge in [0.15, 0.2) is 5.75 Å². The second kappa shape index (κ2) is 9.96. The van der Waals surface area contributed by atoms with Crippen molar-refractivity contribution in [1.82, 2.24) is 9.97 Å². The zero-order valence-corrected chi connectivity index (χ0v) is 19.2. The molecule has 0 saturated carbocycles. The number of benzene rings is 2. The summed E-state index contributed by atoms with van der Waals surface area (Å²) in [6.07, 6.45) is -2.80. The SMILES string of the molecule is Cc1c(Cl)cccc1-c1cc(CCCc2ccc(NS(=O)(=O)CC(F)(F)F)cc2)nc(N)n1. The maximum Gasteiger partial charge on any atom is 0.404 e. The summed E-state index contributed by atoms with van der Waals surface area (Å²) in [4.78, 5) is 8.61. The maximum atomic E-state index is 12.3. The molecule has 3 rings (SSSR count). The van der Waals surface area contributed by atoms with Crippen LogP contribution in [0, 0.1) is 6.92 Å². The molecule has 0 spiro atoms. The number of anilines is 2. The van der Waals surface area contributed by atoms with Crippen LogP contribution in [0.1, 0.15) is 23.2 Å². The quantitative estimate of drug-likeness (QED) is 0.446. The first-order valence-electron chi connectivity index (χ1n) is 9.97. The summed E-state index contributed by atoms with van der Waals surface area (Å²) in [5.74, 6) is -1.77. The molecule has 0 aliphatic heterocycles. The number of rotatable bonds is 8. The van der Waals surface area contributed by atoms with E-state index < -0.39 is 22.0 Å². The highest BCUT2D eigenvalue weighted by Gasteiger charge is 2.35. The van der Waals surface area contributed by atoms with Gasteiger partial charge in [-0.15, -0.1) is 0 Å². The third-order valence-electron chi connectivity index (χ3n) is 4.82. The van der Waals surface area contributed by atoms with Gasteiger partial charge in [0.25, 0.3) is 0 Å². The molecule has 0 atom stereocenters. The summed E-state index contributed by atoms with van der Waals surface area (Å²) >= 11 is 6.21. The van der Waals surface area contributed by atoms with Crippen LogP contribution in [-0.2, 0) is 22.9 Å². The van der Waals surface area contributed by atoms with E-state index in [-0.39, 0.29) is 11.6 Å². The fourth-order valence-corrected chi connectivity index (χ4v) is 4.49. The molecule has 6 nitrogen and oxygen atoms in total. The topological polar surface area (TPSA) is 98.0 Å². The molecule has 2 aromatic carbocycles. The minimum absolute atomic E-state index is 0.0770.